The van der Waals surface area contributed by atoms with E-state index in [1.807, 2.05) is 6.07 Å². The second kappa shape index (κ2) is 7.71. The lowest BCUT2D eigenvalue weighted by molar-refractivity contribution is -0.385. The van der Waals surface area contributed by atoms with Gasteiger partial charge in [-0.25, -0.2) is 0 Å². The Labute approximate surface area is 127 Å². The lowest BCUT2D eigenvalue weighted by Crippen LogP contribution is -2.21. The summed E-state index contributed by atoms with van der Waals surface area (Å²) in [7, 11) is 0. The Bertz CT molecular complexity index is 462. The van der Waals surface area contributed by atoms with Gasteiger partial charge in [-0.15, -0.1) is 0 Å². The van der Waals surface area contributed by atoms with Crippen LogP contribution in [0.5, 0.6) is 0 Å². The molecule has 0 saturated heterocycles. The highest BCUT2D eigenvalue weighted by Gasteiger charge is 2.14. The Hall–Kier alpha value is -0.980. The molecule has 1 aliphatic rings. The minimum Gasteiger partial charge on any atom is -0.377 e. The second-order valence-electron chi connectivity index (χ2n) is 5.03. The van der Waals surface area contributed by atoms with E-state index >= 15 is 0 Å². The predicted octanol–water partition coefficient (Wildman–Crippen LogP) is 3.41. The van der Waals surface area contributed by atoms with Crippen molar-refractivity contribution >= 4 is 21.6 Å². The van der Waals surface area contributed by atoms with E-state index in [9.17, 15) is 10.1 Å². The SMILES string of the molecule is O=[N+]([O-])c1cc(Br)cc(CNCCOC2CCCC2)c1. The van der Waals surface area contributed by atoms with Gasteiger partial charge in [-0.05, 0) is 24.5 Å². The van der Waals surface area contributed by atoms with Crippen molar-refractivity contribution in [3.05, 3.63) is 38.3 Å². The highest BCUT2D eigenvalue weighted by Crippen LogP contribution is 2.22. The fraction of sp³-hybridized carbons (Fsp3) is 0.571. The normalized spacial score (nSPS) is 15.7. The van der Waals surface area contributed by atoms with Crippen LogP contribution in [0.15, 0.2) is 22.7 Å². The highest BCUT2D eigenvalue weighted by atomic mass is 79.9. The maximum Gasteiger partial charge on any atom is 0.270 e. The molecule has 0 spiro atoms. The number of halogens is 1. The van der Waals surface area contributed by atoms with Crippen LogP contribution in [0.25, 0.3) is 0 Å². The van der Waals surface area contributed by atoms with Gasteiger partial charge in [0, 0.05) is 29.7 Å². The molecule has 5 nitrogen and oxygen atoms in total. The van der Waals surface area contributed by atoms with E-state index in [0.29, 0.717) is 19.3 Å². The Morgan fingerprint density at radius 2 is 2.10 bits per heavy atom. The Balaban J connectivity index is 1.71. The molecular formula is C14H19BrN2O3. The predicted molar refractivity (Wildman–Crippen MR) is 80.7 cm³/mol. The summed E-state index contributed by atoms with van der Waals surface area (Å²) in [5, 5.41) is 14.0. The minimum absolute atomic E-state index is 0.110. The number of ether oxygens (including phenoxy) is 1. The number of nitro groups is 1. The molecule has 1 N–H and O–H groups in total. The fourth-order valence-corrected chi connectivity index (χ4v) is 2.95. The van der Waals surface area contributed by atoms with Crippen LogP contribution in [0.3, 0.4) is 0 Å². The first kappa shape index (κ1) is 15.4. The van der Waals surface area contributed by atoms with Crippen molar-refractivity contribution in [1.82, 2.24) is 5.32 Å². The second-order valence-corrected chi connectivity index (χ2v) is 5.94. The van der Waals surface area contributed by atoms with Gasteiger partial charge < -0.3 is 10.1 Å². The van der Waals surface area contributed by atoms with E-state index in [1.54, 1.807) is 6.07 Å². The molecule has 6 heteroatoms. The molecule has 110 valence electrons. The number of rotatable bonds is 7. The molecule has 0 amide bonds. The van der Waals surface area contributed by atoms with Crippen molar-refractivity contribution in [2.75, 3.05) is 13.2 Å². The number of benzene rings is 1. The van der Waals surface area contributed by atoms with Crippen molar-refractivity contribution < 1.29 is 9.66 Å². The van der Waals surface area contributed by atoms with Crippen LogP contribution < -0.4 is 5.32 Å². The summed E-state index contributed by atoms with van der Waals surface area (Å²) in [4.78, 5) is 10.4. The van der Waals surface area contributed by atoms with Crippen molar-refractivity contribution in [1.29, 1.82) is 0 Å². The van der Waals surface area contributed by atoms with Crippen LogP contribution in [-0.2, 0) is 11.3 Å². The Kier molecular flexibility index (Phi) is 5.94. The monoisotopic (exact) mass is 342 g/mol. The van der Waals surface area contributed by atoms with E-state index in [1.165, 1.54) is 31.7 Å². The number of hydrogen-bond donors (Lipinski definition) is 1. The largest absolute Gasteiger partial charge is 0.377 e. The van der Waals surface area contributed by atoms with Gasteiger partial charge in [0.2, 0.25) is 0 Å². The Morgan fingerprint density at radius 3 is 2.80 bits per heavy atom. The number of nitrogens with one attached hydrogen (secondary N) is 1. The molecule has 20 heavy (non-hydrogen) atoms. The molecule has 1 aromatic rings. The van der Waals surface area contributed by atoms with Crippen LogP contribution in [0.2, 0.25) is 0 Å². The topological polar surface area (TPSA) is 64.4 Å². The molecule has 2 rings (SSSR count). The molecule has 0 aromatic heterocycles. The summed E-state index contributed by atoms with van der Waals surface area (Å²) >= 11 is 3.29. The first-order chi connectivity index (χ1) is 9.65. The van der Waals surface area contributed by atoms with E-state index in [-0.39, 0.29) is 10.6 Å². The molecule has 0 radical (unpaired) electrons. The van der Waals surface area contributed by atoms with Gasteiger partial charge in [0.1, 0.15) is 0 Å². The van der Waals surface area contributed by atoms with E-state index in [2.05, 4.69) is 21.2 Å². The van der Waals surface area contributed by atoms with Crippen LogP contribution >= 0.6 is 15.9 Å². The number of non-ortho nitro benzene ring substituents is 1. The summed E-state index contributed by atoms with van der Waals surface area (Å²) < 4.78 is 6.47. The Morgan fingerprint density at radius 1 is 1.35 bits per heavy atom. The zero-order chi connectivity index (χ0) is 14.4. The van der Waals surface area contributed by atoms with Crippen LogP contribution in [0.4, 0.5) is 5.69 Å². The molecule has 1 aromatic carbocycles. The summed E-state index contributed by atoms with van der Waals surface area (Å²) in [5.74, 6) is 0. The molecule has 0 atom stereocenters. The van der Waals surface area contributed by atoms with Crippen molar-refractivity contribution in [3.8, 4) is 0 Å². The first-order valence-corrected chi connectivity index (χ1v) is 7.70. The highest BCUT2D eigenvalue weighted by molar-refractivity contribution is 9.10. The fourth-order valence-electron chi connectivity index (χ4n) is 2.43. The van der Waals surface area contributed by atoms with Crippen LogP contribution in [0.1, 0.15) is 31.2 Å². The van der Waals surface area contributed by atoms with Crippen LogP contribution in [0, 0.1) is 10.1 Å². The standard InChI is InChI=1S/C14H19BrN2O3/c15-12-7-11(8-13(9-12)17(18)19)10-16-5-6-20-14-3-1-2-4-14/h7-9,14,16H,1-6,10H2. The molecule has 0 bridgehead atoms. The zero-order valence-electron chi connectivity index (χ0n) is 11.3. The van der Waals surface area contributed by atoms with Crippen molar-refractivity contribution in [2.45, 2.75) is 38.3 Å². The van der Waals surface area contributed by atoms with Gasteiger partial charge in [-0.2, -0.15) is 0 Å². The average Bonchev–Trinajstić information content (AvgIpc) is 2.91. The van der Waals surface area contributed by atoms with E-state index < -0.39 is 0 Å². The third-order valence-corrected chi connectivity index (χ3v) is 3.87. The summed E-state index contributed by atoms with van der Waals surface area (Å²) in [6.45, 7) is 2.06. The lowest BCUT2D eigenvalue weighted by atomic mass is 10.2. The molecule has 1 saturated carbocycles. The summed E-state index contributed by atoms with van der Waals surface area (Å²) in [5.41, 5.74) is 1.00. The molecule has 0 heterocycles. The van der Waals surface area contributed by atoms with Crippen LogP contribution in [-0.4, -0.2) is 24.2 Å². The summed E-state index contributed by atoms with van der Waals surface area (Å²) in [6, 6.07) is 4.99. The molecule has 0 unspecified atom stereocenters. The minimum atomic E-state index is -0.378. The van der Waals surface area contributed by atoms with Crippen molar-refractivity contribution in [2.24, 2.45) is 0 Å². The van der Waals surface area contributed by atoms with Gasteiger partial charge in [0.25, 0.3) is 5.69 Å². The summed E-state index contributed by atoms with van der Waals surface area (Å²) in [6.07, 6.45) is 5.35. The number of hydrogen-bond acceptors (Lipinski definition) is 4. The quantitative estimate of drug-likeness (QED) is 0.468. The third-order valence-electron chi connectivity index (χ3n) is 3.42. The molecule has 1 fully saturated rings. The third kappa shape index (κ3) is 4.85. The van der Waals surface area contributed by atoms with Gasteiger partial charge in [0.05, 0.1) is 17.6 Å². The maximum absolute atomic E-state index is 10.8. The molecule has 1 aliphatic carbocycles. The maximum atomic E-state index is 10.8. The first-order valence-electron chi connectivity index (χ1n) is 6.91. The van der Waals surface area contributed by atoms with Gasteiger partial charge in [0.15, 0.2) is 0 Å². The lowest BCUT2D eigenvalue weighted by Gasteiger charge is -2.11. The van der Waals surface area contributed by atoms with Gasteiger partial charge >= 0.3 is 0 Å². The van der Waals surface area contributed by atoms with Crippen molar-refractivity contribution in [3.63, 3.8) is 0 Å². The van der Waals surface area contributed by atoms with E-state index in [4.69, 9.17) is 4.74 Å². The molecular weight excluding hydrogens is 324 g/mol. The number of nitrogens with zero attached hydrogens (tertiary/aromatic N) is 1. The average molecular weight is 343 g/mol. The van der Waals surface area contributed by atoms with E-state index in [0.717, 1.165) is 16.6 Å². The smallest absolute Gasteiger partial charge is 0.270 e. The van der Waals surface area contributed by atoms with Gasteiger partial charge in [-0.3, -0.25) is 10.1 Å². The zero-order valence-corrected chi connectivity index (χ0v) is 12.9. The number of nitro benzene ring substituents is 1. The van der Waals surface area contributed by atoms with Gasteiger partial charge in [-0.1, -0.05) is 28.8 Å². The molecule has 0 aliphatic heterocycles.